The SMILES string of the molecule is OCNC(CO)NCO. The van der Waals surface area contributed by atoms with Gasteiger partial charge >= 0.3 is 0 Å². The van der Waals surface area contributed by atoms with Gasteiger partial charge in [-0.25, -0.2) is 0 Å². The lowest BCUT2D eigenvalue weighted by atomic mass is 10.5. The Hall–Kier alpha value is -0.200. The van der Waals surface area contributed by atoms with Crippen molar-refractivity contribution in [1.29, 1.82) is 0 Å². The van der Waals surface area contributed by atoms with Gasteiger partial charge in [-0.1, -0.05) is 0 Å². The molecule has 0 atom stereocenters. The van der Waals surface area contributed by atoms with Gasteiger partial charge in [0.15, 0.2) is 0 Å². The second kappa shape index (κ2) is 5.93. The van der Waals surface area contributed by atoms with Crippen LogP contribution in [0.15, 0.2) is 0 Å². The second-order valence-corrected chi connectivity index (χ2v) is 1.46. The van der Waals surface area contributed by atoms with Gasteiger partial charge < -0.3 is 15.3 Å². The fraction of sp³-hybridized carbons (Fsp3) is 1.00. The highest BCUT2D eigenvalue weighted by atomic mass is 16.3. The summed E-state index contributed by atoms with van der Waals surface area (Å²) in [6.07, 6.45) is -0.431. The summed E-state index contributed by atoms with van der Waals surface area (Å²) in [6, 6.07) is 0. The molecule has 0 aliphatic carbocycles. The smallest absolute Gasteiger partial charge is 0.0944 e. The van der Waals surface area contributed by atoms with Crippen LogP contribution in [-0.2, 0) is 0 Å². The highest BCUT2D eigenvalue weighted by molar-refractivity contribution is 4.55. The van der Waals surface area contributed by atoms with Crippen LogP contribution in [0.4, 0.5) is 0 Å². The molecule has 0 aromatic carbocycles. The first kappa shape index (κ1) is 8.80. The van der Waals surface area contributed by atoms with Crippen molar-refractivity contribution in [3.8, 4) is 0 Å². The second-order valence-electron chi connectivity index (χ2n) is 1.46. The molecule has 56 valence electrons. The fourth-order valence-corrected chi connectivity index (χ4v) is 0.422. The average Bonchev–Trinajstić information content (AvgIpc) is 1.88. The number of rotatable bonds is 5. The third-order valence-electron chi connectivity index (χ3n) is 0.858. The van der Waals surface area contributed by atoms with E-state index in [1.54, 1.807) is 0 Å². The fourth-order valence-electron chi connectivity index (χ4n) is 0.422. The molecular formula is C4H12N2O3. The third kappa shape index (κ3) is 4.31. The molecule has 5 heteroatoms. The monoisotopic (exact) mass is 136 g/mol. The molecule has 0 fully saturated rings. The van der Waals surface area contributed by atoms with Crippen LogP contribution in [0.25, 0.3) is 0 Å². The molecule has 0 amide bonds. The summed E-state index contributed by atoms with van der Waals surface area (Å²) in [7, 11) is 0. The molecule has 0 spiro atoms. The maximum atomic E-state index is 8.44. The van der Waals surface area contributed by atoms with E-state index in [1.165, 1.54) is 0 Å². The van der Waals surface area contributed by atoms with Crippen LogP contribution in [0.3, 0.4) is 0 Å². The van der Waals surface area contributed by atoms with Gasteiger partial charge in [-0.2, -0.15) is 0 Å². The summed E-state index contributed by atoms with van der Waals surface area (Å²) in [4.78, 5) is 0. The van der Waals surface area contributed by atoms with E-state index in [0.717, 1.165) is 0 Å². The van der Waals surface area contributed by atoms with E-state index in [2.05, 4.69) is 10.6 Å². The maximum absolute atomic E-state index is 8.44. The van der Waals surface area contributed by atoms with Gasteiger partial charge in [-0.15, -0.1) is 0 Å². The number of aliphatic hydroxyl groups excluding tert-OH is 3. The summed E-state index contributed by atoms with van der Waals surface area (Å²) < 4.78 is 0. The molecular weight excluding hydrogens is 124 g/mol. The quantitative estimate of drug-likeness (QED) is 0.267. The van der Waals surface area contributed by atoms with Gasteiger partial charge in [0, 0.05) is 0 Å². The number of nitrogens with one attached hydrogen (secondary N) is 2. The molecule has 0 radical (unpaired) electrons. The number of hydrogen-bond donors (Lipinski definition) is 5. The largest absolute Gasteiger partial charge is 0.393 e. The van der Waals surface area contributed by atoms with Gasteiger partial charge in [-0.3, -0.25) is 10.6 Å². The molecule has 0 unspecified atom stereocenters. The maximum Gasteiger partial charge on any atom is 0.0944 e. The molecule has 0 bridgehead atoms. The van der Waals surface area contributed by atoms with Crippen molar-refractivity contribution in [3.05, 3.63) is 0 Å². The van der Waals surface area contributed by atoms with Crippen molar-refractivity contribution in [1.82, 2.24) is 10.6 Å². The molecule has 0 saturated heterocycles. The minimum Gasteiger partial charge on any atom is -0.393 e. The van der Waals surface area contributed by atoms with Crippen LogP contribution in [0, 0.1) is 0 Å². The predicted molar refractivity (Wildman–Crippen MR) is 31.3 cm³/mol. The Bertz CT molecular complexity index is 55.8. The van der Waals surface area contributed by atoms with Crippen molar-refractivity contribution in [3.63, 3.8) is 0 Å². The van der Waals surface area contributed by atoms with E-state index in [0.29, 0.717) is 0 Å². The Balaban J connectivity index is 3.18. The summed E-state index contributed by atoms with van der Waals surface area (Å²) in [5, 5.41) is 29.9. The van der Waals surface area contributed by atoms with Gasteiger partial charge in [0.1, 0.15) is 0 Å². The minimum atomic E-state index is -0.431. The van der Waals surface area contributed by atoms with Crippen LogP contribution in [0.1, 0.15) is 0 Å². The first-order chi connectivity index (χ1) is 4.35. The van der Waals surface area contributed by atoms with Gasteiger partial charge in [-0.05, 0) is 0 Å². The van der Waals surface area contributed by atoms with E-state index < -0.39 is 6.17 Å². The zero-order valence-electron chi connectivity index (χ0n) is 5.04. The zero-order chi connectivity index (χ0) is 7.11. The highest BCUT2D eigenvalue weighted by Gasteiger charge is 2.00. The van der Waals surface area contributed by atoms with E-state index in [-0.39, 0.29) is 20.1 Å². The molecule has 9 heavy (non-hydrogen) atoms. The van der Waals surface area contributed by atoms with Crippen molar-refractivity contribution >= 4 is 0 Å². The lowest BCUT2D eigenvalue weighted by molar-refractivity contribution is 0.141. The molecule has 5 N–H and O–H groups in total. The summed E-state index contributed by atoms with van der Waals surface area (Å²) >= 11 is 0. The van der Waals surface area contributed by atoms with E-state index in [9.17, 15) is 0 Å². The van der Waals surface area contributed by atoms with Gasteiger partial charge in [0.2, 0.25) is 0 Å². The lowest BCUT2D eigenvalue weighted by Gasteiger charge is -2.13. The molecule has 5 nitrogen and oxygen atoms in total. The van der Waals surface area contributed by atoms with Crippen molar-refractivity contribution in [2.75, 3.05) is 20.1 Å². The normalized spacial score (nSPS) is 10.7. The summed E-state index contributed by atoms with van der Waals surface area (Å²) in [5.41, 5.74) is 0. The lowest BCUT2D eigenvalue weighted by Crippen LogP contribution is -2.45. The Morgan fingerprint density at radius 2 is 1.44 bits per heavy atom. The number of hydrogen-bond acceptors (Lipinski definition) is 5. The number of aliphatic hydroxyl groups is 3. The zero-order valence-corrected chi connectivity index (χ0v) is 5.04. The van der Waals surface area contributed by atoms with E-state index >= 15 is 0 Å². The Morgan fingerprint density at radius 3 is 1.67 bits per heavy atom. The van der Waals surface area contributed by atoms with Crippen molar-refractivity contribution < 1.29 is 15.3 Å². The molecule has 0 aliphatic heterocycles. The molecule has 0 rings (SSSR count). The molecule has 0 saturated carbocycles. The Labute approximate surface area is 53.3 Å². The standard InChI is InChI=1S/C4H12N2O3/c7-1-4(5-2-8)6-3-9/h4-9H,1-3H2. The first-order valence-electron chi connectivity index (χ1n) is 2.64. The molecule has 0 heterocycles. The Morgan fingerprint density at radius 1 is 1.00 bits per heavy atom. The minimum absolute atomic E-state index is 0.166. The molecule has 0 aliphatic rings. The van der Waals surface area contributed by atoms with E-state index in [1.807, 2.05) is 0 Å². The van der Waals surface area contributed by atoms with Crippen LogP contribution >= 0.6 is 0 Å². The first-order valence-corrected chi connectivity index (χ1v) is 2.64. The van der Waals surface area contributed by atoms with Crippen molar-refractivity contribution in [2.45, 2.75) is 6.17 Å². The van der Waals surface area contributed by atoms with Crippen LogP contribution in [0.5, 0.6) is 0 Å². The Kier molecular flexibility index (Phi) is 5.80. The van der Waals surface area contributed by atoms with E-state index in [4.69, 9.17) is 15.3 Å². The molecule has 0 aromatic rings. The topological polar surface area (TPSA) is 84.8 Å². The average molecular weight is 136 g/mol. The van der Waals surface area contributed by atoms with Gasteiger partial charge in [0.25, 0.3) is 0 Å². The van der Waals surface area contributed by atoms with Crippen LogP contribution in [-0.4, -0.2) is 41.6 Å². The van der Waals surface area contributed by atoms with Gasteiger partial charge in [0.05, 0.1) is 26.2 Å². The summed E-state index contributed by atoms with van der Waals surface area (Å²) in [6.45, 7) is -0.614. The highest BCUT2D eigenvalue weighted by Crippen LogP contribution is 1.70. The predicted octanol–water partition coefficient (Wildman–Crippen LogP) is -2.62. The third-order valence-corrected chi connectivity index (χ3v) is 0.858. The molecule has 0 aromatic heterocycles. The van der Waals surface area contributed by atoms with Crippen LogP contribution in [0.2, 0.25) is 0 Å². The van der Waals surface area contributed by atoms with Crippen LogP contribution < -0.4 is 10.6 Å². The van der Waals surface area contributed by atoms with Crippen molar-refractivity contribution in [2.24, 2.45) is 0 Å². The summed E-state index contributed by atoms with van der Waals surface area (Å²) in [5.74, 6) is 0.